The van der Waals surface area contributed by atoms with E-state index in [9.17, 15) is 9.59 Å². The molecule has 28 heavy (non-hydrogen) atoms. The molecule has 0 saturated carbocycles. The minimum atomic E-state index is -0.429. The van der Waals surface area contributed by atoms with Gasteiger partial charge < -0.3 is 14.7 Å². The summed E-state index contributed by atoms with van der Waals surface area (Å²) in [7, 11) is 0. The quantitative estimate of drug-likeness (QED) is 0.820. The van der Waals surface area contributed by atoms with Gasteiger partial charge in [-0.15, -0.1) is 0 Å². The minimum Gasteiger partial charge on any atom is -0.353 e. The van der Waals surface area contributed by atoms with Crippen LogP contribution in [0.1, 0.15) is 29.8 Å². The third-order valence-corrected chi connectivity index (χ3v) is 5.63. The molecule has 2 aliphatic heterocycles. The van der Waals surface area contributed by atoms with Gasteiger partial charge in [-0.25, -0.2) is 4.98 Å². The second kappa shape index (κ2) is 7.62. The Balaban J connectivity index is 1.46. The van der Waals surface area contributed by atoms with Crippen molar-refractivity contribution in [1.82, 2.24) is 14.8 Å². The number of rotatable bonds is 4. The maximum absolute atomic E-state index is 13.4. The van der Waals surface area contributed by atoms with Gasteiger partial charge in [0.2, 0.25) is 5.91 Å². The number of hydrogen-bond acceptors (Lipinski definition) is 4. The van der Waals surface area contributed by atoms with Crippen LogP contribution in [0.4, 0.5) is 5.82 Å². The van der Waals surface area contributed by atoms with E-state index in [1.807, 2.05) is 61.2 Å². The Labute approximate surface area is 165 Å². The zero-order valence-electron chi connectivity index (χ0n) is 16.4. The average molecular weight is 378 g/mol. The number of pyridine rings is 1. The zero-order chi connectivity index (χ0) is 19.7. The van der Waals surface area contributed by atoms with Crippen LogP contribution in [0.15, 0.2) is 48.7 Å². The van der Waals surface area contributed by atoms with Crippen LogP contribution in [-0.2, 0) is 11.3 Å². The Morgan fingerprint density at radius 2 is 1.71 bits per heavy atom. The molecule has 0 radical (unpaired) electrons. The van der Waals surface area contributed by atoms with Crippen LogP contribution in [0.3, 0.4) is 0 Å². The summed E-state index contributed by atoms with van der Waals surface area (Å²) in [5, 5.41) is 0. The topological polar surface area (TPSA) is 56.8 Å². The van der Waals surface area contributed by atoms with Crippen LogP contribution in [-0.4, -0.2) is 58.8 Å². The lowest BCUT2D eigenvalue weighted by Crippen LogP contribution is -2.56. The first-order valence-electron chi connectivity index (χ1n) is 9.90. The molecule has 1 fully saturated rings. The number of nitrogens with zero attached hydrogens (tertiary/aromatic N) is 4. The molecule has 146 valence electrons. The number of aromatic nitrogens is 1. The van der Waals surface area contributed by atoms with Crippen LogP contribution >= 0.6 is 0 Å². The van der Waals surface area contributed by atoms with E-state index in [4.69, 9.17) is 0 Å². The maximum Gasteiger partial charge on any atom is 0.255 e. The largest absolute Gasteiger partial charge is 0.353 e. The van der Waals surface area contributed by atoms with Gasteiger partial charge in [0.15, 0.2) is 0 Å². The fourth-order valence-electron chi connectivity index (χ4n) is 4.16. The van der Waals surface area contributed by atoms with Crippen LogP contribution in [0, 0.1) is 5.92 Å². The van der Waals surface area contributed by atoms with Crippen LogP contribution in [0.5, 0.6) is 0 Å². The molecule has 2 aromatic rings. The van der Waals surface area contributed by atoms with Crippen molar-refractivity contribution in [1.29, 1.82) is 0 Å². The predicted octanol–water partition coefficient (Wildman–Crippen LogP) is 2.41. The van der Waals surface area contributed by atoms with Crippen molar-refractivity contribution in [3.63, 3.8) is 0 Å². The highest BCUT2D eigenvalue weighted by Crippen LogP contribution is 2.28. The van der Waals surface area contributed by atoms with Crippen molar-refractivity contribution < 1.29 is 9.59 Å². The first-order chi connectivity index (χ1) is 13.6. The highest BCUT2D eigenvalue weighted by atomic mass is 16.2. The molecule has 3 heterocycles. The normalized spacial score (nSPS) is 17.8. The minimum absolute atomic E-state index is 0.0326. The molecule has 0 unspecified atom stereocenters. The number of anilines is 1. The summed E-state index contributed by atoms with van der Waals surface area (Å²) >= 11 is 0. The zero-order valence-corrected chi connectivity index (χ0v) is 16.4. The van der Waals surface area contributed by atoms with Crippen molar-refractivity contribution in [2.45, 2.75) is 26.4 Å². The Kier molecular flexibility index (Phi) is 5.03. The fraction of sp³-hybridized carbons (Fsp3) is 0.409. The van der Waals surface area contributed by atoms with Gasteiger partial charge in [0, 0.05) is 44.5 Å². The molecule has 0 bridgehead atoms. The SMILES string of the molecule is CC(C)[C@@H](C(=O)N1CCN(c2ccccn2)CC1)N1Cc2ccccc2C1=O. The van der Waals surface area contributed by atoms with E-state index in [0.717, 1.165) is 30.0 Å². The standard InChI is InChI=1S/C22H26N4O2/c1-16(2)20(26-15-17-7-3-4-8-18(17)21(26)27)22(28)25-13-11-24(12-14-25)19-9-5-6-10-23-19/h3-10,16,20H,11-15H2,1-2H3/t20-/m0/s1. The van der Waals surface area contributed by atoms with Gasteiger partial charge in [-0.1, -0.05) is 38.1 Å². The number of piperazine rings is 1. The van der Waals surface area contributed by atoms with E-state index in [1.54, 1.807) is 11.1 Å². The molecule has 0 N–H and O–H groups in total. The van der Waals surface area contributed by atoms with Crippen molar-refractivity contribution in [3.05, 3.63) is 59.8 Å². The van der Waals surface area contributed by atoms with Gasteiger partial charge in [-0.2, -0.15) is 0 Å². The summed E-state index contributed by atoms with van der Waals surface area (Å²) in [5.41, 5.74) is 1.73. The molecular weight excluding hydrogens is 352 g/mol. The number of fused-ring (bicyclic) bond motifs is 1. The summed E-state index contributed by atoms with van der Waals surface area (Å²) in [6.07, 6.45) is 1.79. The number of hydrogen-bond donors (Lipinski definition) is 0. The predicted molar refractivity (Wildman–Crippen MR) is 108 cm³/mol. The van der Waals surface area contributed by atoms with Gasteiger partial charge in [-0.05, 0) is 29.7 Å². The Hall–Kier alpha value is -2.89. The lowest BCUT2D eigenvalue weighted by Gasteiger charge is -2.39. The van der Waals surface area contributed by atoms with Crippen LogP contribution in [0.25, 0.3) is 0 Å². The van der Waals surface area contributed by atoms with Gasteiger partial charge in [0.25, 0.3) is 5.91 Å². The van der Waals surface area contributed by atoms with Crippen LogP contribution in [0.2, 0.25) is 0 Å². The second-order valence-electron chi connectivity index (χ2n) is 7.78. The monoisotopic (exact) mass is 378 g/mol. The molecule has 1 aromatic carbocycles. The van der Waals surface area contributed by atoms with Gasteiger partial charge in [0.05, 0.1) is 0 Å². The number of carbonyl (C=O) groups excluding carboxylic acids is 2. The Morgan fingerprint density at radius 3 is 2.36 bits per heavy atom. The third kappa shape index (κ3) is 3.35. The molecule has 0 aliphatic carbocycles. The average Bonchev–Trinajstić information content (AvgIpc) is 3.05. The molecular formula is C22H26N4O2. The molecule has 6 heteroatoms. The van der Waals surface area contributed by atoms with E-state index in [2.05, 4.69) is 9.88 Å². The fourth-order valence-corrected chi connectivity index (χ4v) is 4.16. The van der Waals surface area contributed by atoms with Gasteiger partial charge >= 0.3 is 0 Å². The lowest BCUT2D eigenvalue weighted by molar-refractivity contribution is -0.138. The number of amides is 2. The highest BCUT2D eigenvalue weighted by Gasteiger charge is 2.40. The molecule has 1 aromatic heterocycles. The van der Waals surface area contributed by atoms with E-state index in [1.165, 1.54) is 0 Å². The van der Waals surface area contributed by atoms with Gasteiger partial charge in [0.1, 0.15) is 11.9 Å². The molecule has 4 rings (SSSR count). The van der Waals surface area contributed by atoms with E-state index in [-0.39, 0.29) is 17.7 Å². The third-order valence-electron chi connectivity index (χ3n) is 5.63. The molecule has 1 saturated heterocycles. The summed E-state index contributed by atoms with van der Waals surface area (Å²) in [6, 6.07) is 13.1. The summed E-state index contributed by atoms with van der Waals surface area (Å²) in [5.74, 6) is 1.02. The second-order valence-corrected chi connectivity index (χ2v) is 7.78. The number of benzene rings is 1. The molecule has 2 amide bonds. The summed E-state index contributed by atoms with van der Waals surface area (Å²) < 4.78 is 0. The number of carbonyl (C=O) groups is 2. The molecule has 6 nitrogen and oxygen atoms in total. The molecule has 1 atom stereocenters. The maximum atomic E-state index is 13.4. The Bertz CT molecular complexity index is 860. The van der Waals surface area contributed by atoms with Crippen molar-refractivity contribution in [2.24, 2.45) is 5.92 Å². The Morgan fingerprint density at radius 1 is 1.00 bits per heavy atom. The molecule has 2 aliphatic rings. The highest BCUT2D eigenvalue weighted by molar-refractivity contribution is 6.01. The van der Waals surface area contributed by atoms with Crippen LogP contribution < -0.4 is 4.90 Å². The lowest BCUT2D eigenvalue weighted by atomic mass is 10.0. The van der Waals surface area contributed by atoms with E-state index < -0.39 is 6.04 Å². The van der Waals surface area contributed by atoms with Crippen molar-refractivity contribution in [2.75, 3.05) is 31.1 Å². The van der Waals surface area contributed by atoms with E-state index in [0.29, 0.717) is 19.6 Å². The van der Waals surface area contributed by atoms with Crippen molar-refractivity contribution >= 4 is 17.6 Å². The molecule has 0 spiro atoms. The smallest absolute Gasteiger partial charge is 0.255 e. The first kappa shape index (κ1) is 18.5. The van der Waals surface area contributed by atoms with Crippen molar-refractivity contribution in [3.8, 4) is 0 Å². The summed E-state index contributed by atoms with van der Waals surface area (Å²) in [6.45, 7) is 7.34. The first-order valence-corrected chi connectivity index (χ1v) is 9.90. The van der Waals surface area contributed by atoms with E-state index >= 15 is 0 Å². The summed E-state index contributed by atoms with van der Waals surface area (Å²) in [4.78, 5) is 36.5. The van der Waals surface area contributed by atoms with Gasteiger partial charge in [-0.3, -0.25) is 9.59 Å².